The Morgan fingerprint density at radius 2 is 2.28 bits per heavy atom. The average molecular weight is 439 g/mol. The second-order valence-corrected chi connectivity index (χ2v) is 7.22. The van der Waals surface area contributed by atoms with Crippen LogP contribution >= 0.6 is 49.9 Å². The molecule has 6 heteroatoms. The lowest BCUT2D eigenvalue weighted by atomic mass is 10.1. The van der Waals surface area contributed by atoms with E-state index in [1.807, 2.05) is 11.4 Å². The lowest BCUT2D eigenvalue weighted by molar-refractivity contribution is 0.631. The van der Waals surface area contributed by atoms with Crippen molar-refractivity contribution >= 4 is 49.9 Å². The van der Waals surface area contributed by atoms with E-state index in [2.05, 4.69) is 62.3 Å². The lowest BCUT2D eigenvalue weighted by Gasteiger charge is -2.08. The second-order valence-electron chi connectivity index (χ2n) is 4.37. The molecule has 18 heavy (non-hydrogen) atoms. The molecule has 0 unspecified atom stereocenters. The second kappa shape index (κ2) is 5.83. The van der Waals surface area contributed by atoms with Crippen LogP contribution in [-0.2, 0) is 6.42 Å². The van der Waals surface area contributed by atoms with Gasteiger partial charge in [0.2, 0.25) is 0 Å². The highest BCUT2D eigenvalue weighted by Crippen LogP contribution is 2.31. The molecule has 0 aliphatic rings. The summed E-state index contributed by atoms with van der Waals surface area (Å²) >= 11 is 7.10. The number of thiophene rings is 1. The third kappa shape index (κ3) is 3.03. The van der Waals surface area contributed by atoms with Gasteiger partial charge in [-0.1, -0.05) is 13.8 Å². The summed E-state index contributed by atoms with van der Waals surface area (Å²) in [5.41, 5.74) is 0.821. The number of halogens is 2. The van der Waals surface area contributed by atoms with Crippen LogP contribution in [0.15, 0.2) is 20.7 Å². The minimum absolute atomic E-state index is 0.0587. The Bertz CT molecular complexity index is 621. The molecule has 0 bridgehead atoms. The molecule has 2 aromatic rings. The zero-order valence-electron chi connectivity index (χ0n) is 9.96. The van der Waals surface area contributed by atoms with E-state index in [0.717, 1.165) is 21.5 Å². The molecule has 0 radical (unpaired) electrons. The maximum Gasteiger partial charge on any atom is 0.264 e. The maximum absolute atomic E-state index is 11.9. The summed E-state index contributed by atoms with van der Waals surface area (Å²) in [7, 11) is 0. The van der Waals surface area contributed by atoms with Crippen LogP contribution in [0.25, 0.3) is 10.7 Å². The molecule has 0 aromatic carbocycles. The van der Waals surface area contributed by atoms with Crippen LogP contribution < -0.4 is 5.56 Å². The third-order valence-corrected chi connectivity index (χ3v) is 5.32. The number of hydrogen-bond acceptors (Lipinski definition) is 3. The van der Waals surface area contributed by atoms with E-state index in [0.29, 0.717) is 15.3 Å². The molecule has 0 saturated heterocycles. The fraction of sp³-hybridized carbons (Fsp3) is 0.333. The van der Waals surface area contributed by atoms with Crippen molar-refractivity contribution in [2.24, 2.45) is 5.92 Å². The number of hydrogen-bond donors (Lipinski definition) is 1. The van der Waals surface area contributed by atoms with Crippen LogP contribution in [0.3, 0.4) is 0 Å². The summed E-state index contributed by atoms with van der Waals surface area (Å²) in [5.74, 6) is 1.13. The largest absolute Gasteiger partial charge is 0.305 e. The standard InChI is InChI=1S/C12H12BrIN2OS/c1-6(2)5-8-9(14)12(17)16-11(15-8)10-7(13)3-4-18-10/h3-4,6H,5H2,1-2H3,(H,15,16,17). The molecule has 0 spiro atoms. The first-order valence-corrected chi connectivity index (χ1v) is 8.26. The topological polar surface area (TPSA) is 45.8 Å². The van der Waals surface area contributed by atoms with Gasteiger partial charge in [0.15, 0.2) is 5.82 Å². The quantitative estimate of drug-likeness (QED) is 0.734. The summed E-state index contributed by atoms with van der Waals surface area (Å²) in [6, 6.07) is 1.96. The summed E-state index contributed by atoms with van der Waals surface area (Å²) < 4.78 is 1.66. The van der Waals surface area contributed by atoms with Crippen molar-refractivity contribution < 1.29 is 0 Å². The molecule has 0 saturated carbocycles. The highest BCUT2D eigenvalue weighted by molar-refractivity contribution is 14.1. The predicted octanol–water partition coefficient (Wildman–Crippen LogP) is 4.06. The molecular weight excluding hydrogens is 427 g/mol. The van der Waals surface area contributed by atoms with E-state index in [-0.39, 0.29) is 5.56 Å². The van der Waals surface area contributed by atoms with Gasteiger partial charge in [-0.2, -0.15) is 0 Å². The fourth-order valence-electron chi connectivity index (χ4n) is 1.60. The first kappa shape index (κ1) is 14.2. The Kier molecular flexibility index (Phi) is 4.60. The van der Waals surface area contributed by atoms with Crippen molar-refractivity contribution in [3.63, 3.8) is 0 Å². The predicted molar refractivity (Wildman–Crippen MR) is 87.1 cm³/mol. The molecule has 0 fully saturated rings. The van der Waals surface area contributed by atoms with Crippen LogP contribution in [0.4, 0.5) is 0 Å². The minimum Gasteiger partial charge on any atom is -0.305 e. The molecule has 96 valence electrons. The molecule has 0 atom stereocenters. The van der Waals surface area contributed by atoms with Gasteiger partial charge in [-0.25, -0.2) is 4.98 Å². The van der Waals surface area contributed by atoms with Crippen molar-refractivity contribution in [3.8, 4) is 10.7 Å². The molecule has 3 nitrogen and oxygen atoms in total. The summed E-state index contributed by atoms with van der Waals surface area (Å²) in [4.78, 5) is 20.3. The van der Waals surface area contributed by atoms with Gasteiger partial charge in [-0.3, -0.25) is 4.79 Å². The van der Waals surface area contributed by atoms with Crippen LogP contribution in [0.1, 0.15) is 19.5 Å². The molecule has 0 aliphatic heterocycles. The maximum atomic E-state index is 11.9. The first-order chi connectivity index (χ1) is 8.49. The minimum atomic E-state index is -0.0587. The number of H-pyrrole nitrogens is 1. The normalized spacial score (nSPS) is 11.2. The van der Waals surface area contributed by atoms with Gasteiger partial charge in [0, 0.05) is 4.47 Å². The van der Waals surface area contributed by atoms with Crippen molar-refractivity contribution in [1.29, 1.82) is 0 Å². The number of aromatic amines is 1. The van der Waals surface area contributed by atoms with Crippen LogP contribution in [0.5, 0.6) is 0 Å². The van der Waals surface area contributed by atoms with Gasteiger partial charge in [0.25, 0.3) is 5.56 Å². The Hall–Kier alpha value is -0.210. The molecule has 2 rings (SSSR count). The third-order valence-electron chi connectivity index (χ3n) is 2.37. The van der Waals surface area contributed by atoms with Crippen molar-refractivity contribution in [2.75, 3.05) is 0 Å². The van der Waals surface area contributed by atoms with Crippen molar-refractivity contribution in [1.82, 2.24) is 9.97 Å². The number of aromatic nitrogens is 2. The van der Waals surface area contributed by atoms with Gasteiger partial charge < -0.3 is 4.98 Å². The van der Waals surface area contributed by atoms with Gasteiger partial charge in [0.1, 0.15) is 0 Å². The zero-order chi connectivity index (χ0) is 13.3. The van der Waals surface area contributed by atoms with Crippen LogP contribution in [-0.4, -0.2) is 9.97 Å². The van der Waals surface area contributed by atoms with Gasteiger partial charge in [-0.05, 0) is 62.3 Å². The van der Waals surface area contributed by atoms with Gasteiger partial charge in [0.05, 0.1) is 14.1 Å². The fourth-order valence-corrected chi connectivity index (χ4v) is 3.58. The molecule has 1 N–H and O–H groups in total. The highest BCUT2D eigenvalue weighted by atomic mass is 127. The first-order valence-electron chi connectivity index (χ1n) is 5.51. The summed E-state index contributed by atoms with van der Waals surface area (Å²) in [6.07, 6.45) is 0.818. The van der Waals surface area contributed by atoms with E-state index in [1.165, 1.54) is 0 Å². The monoisotopic (exact) mass is 438 g/mol. The Labute approximate surface area is 131 Å². The van der Waals surface area contributed by atoms with Crippen LogP contribution in [0, 0.1) is 9.49 Å². The number of nitrogens with zero attached hydrogens (tertiary/aromatic N) is 1. The van der Waals surface area contributed by atoms with Crippen molar-refractivity contribution in [3.05, 3.63) is 35.5 Å². The lowest BCUT2D eigenvalue weighted by Crippen LogP contribution is -2.17. The molecule has 2 heterocycles. The Balaban J connectivity index is 2.54. The Morgan fingerprint density at radius 1 is 1.56 bits per heavy atom. The van der Waals surface area contributed by atoms with E-state index < -0.39 is 0 Å². The Morgan fingerprint density at radius 3 is 2.83 bits per heavy atom. The van der Waals surface area contributed by atoms with Gasteiger partial charge >= 0.3 is 0 Å². The van der Waals surface area contributed by atoms with Crippen LogP contribution in [0.2, 0.25) is 0 Å². The summed E-state index contributed by atoms with van der Waals surface area (Å²) in [5, 5.41) is 1.97. The highest BCUT2D eigenvalue weighted by Gasteiger charge is 2.14. The molecule has 0 aliphatic carbocycles. The molecule has 0 amide bonds. The van der Waals surface area contributed by atoms with Crippen molar-refractivity contribution in [2.45, 2.75) is 20.3 Å². The van der Waals surface area contributed by atoms with E-state index >= 15 is 0 Å². The van der Waals surface area contributed by atoms with E-state index in [9.17, 15) is 4.79 Å². The van der Waals surface area contributed by atoms with Gasteiger partial charge in [-0.15, -0.1) is 11.3 Å². The number of rotatable bonds is 3. The average Bonchev–Trinajstić information content (AvgIpc) is 2.70. The SMILES string of the molecule is CC(C)Cc1nc(-c2sccc2Br)[nH]c(=O)c1I. The van der Waals surface area contributed by atoms with E-state index in [1.54, 1.807) is 11.3 Å². The summed E-state index contributed by atoms with van der Waals surface area (Å²) in [6.45, 7) is 4.25. The van der Waals surface area contributed by atoms with E-state index in [4.69, 9.17) is 0 Å². The molecule has 2 aromatic heterocycles. The smallest absolute Gasteiger partial charge is 0.264 e. The zero-order valence-corrected chi connectivity index (χ0v) is 14.5. The number of nitrogens with one attached hydrogen (secondary N) is 1. The molecular formula is C12H12BrIN2OS.